The molecule has 3 aromatic heterocycles. The van der Waals surface area contributed by atoms with Gasteiger partial charge in [0, 0.05) is 68.6 Å². The molecule has 0 atom stereocenters. The quantitative estimate of drug-likeness (QED) is 0.0497. The number of esters is 4. The molecule has 2 N–H and O–H groups in total. The van der Waals surface area contributed by atoms with E-state index in [1.54, 1.807) is 48.6 Å². The number of methoxy groups -OCH3 is 4. The molecule has 4 aromatic carbocycles. The van der Waals surface area contributed by atoms with Crippen molar-refractivity contribution in [2.24, 2.45) is 0 Å². The van der Waals surface area contributed by atoms with E-state index in [-0.39, 0.29) is 112 Å². The minimum atomic E-state index is -0.987. The van der Waals surface area contributed by atoms with Crippen molar-refractivity contribution in [1.29, 1.82) is 0 Å². The van der Waals surface area contributed by atoms with Crippen molar-refractivity contribution in [3.63, 3.8) is 0 Å². The summed E-state index contributed by atoms with van der Waals surface area (Å²) in [6, 6.07) is 21.5. The highest BCUT2D eigenvalue weighted by Crippen LogP contribution is 2.42. The molecule has 5 heterocycles. The number of carbonyl (C=O) groups excluding carboxylic acids is 4. The van der Waals surface area contributed by atoms with Gasteiger partial charge in [-0.15, -0.1) is 0 Å². The van der Waals surface area contributed by atoms with Crippen LogP contribution in [0.4, 0.5) is 22.7 Å². The highest BCUT2D eigenvalue weighted by atomic mass is 16.6. The summed E-state index contributed by atoms with van der Waals surface area (Å²) in [5, 5.41) is 50.3. The number of nitro benzene ring substituents is 4. The van der Waals surface area contributed by atoms with Crippen LogP contribution in [0.15, 0.2) is 97.1 Å². The standard InChI is InChI=1S/C52H34N8O16/c1-73-49(61)29-9-5-25(21-41(29)57(65)66)45-33-13-15-35(53-33)46(26-6-10-30(50(62)74-2)42(22-26)58(67)68)37-17-19-39(55-37)48(28-8-12-32(52(64)76-4)44(24-28)60(71)72)40-20-18-38(56-40)47(36-16-14-34(45)54-36)27-7-11-31(51(63)75-3)43(23-27)59(69)70/h5-24,53,56H,1-4H3. The van der Waals surface area contributed by atoms with Crippen LogP contribution in [0, 0.1) is 40.5 Å². The number of aromatic amines is 2. The lowest BCUT2D eigenvalue weighted by Gasteiger charge is -2.09. The van der Waals surface area contributed by atoms with E-state index in [1.807, 2.05) is 0 Å². The topological polar surface area (TPSA) is 335 Å². The average Bonchev–Trinajstić information content (AvgIpc) is 4.30. The summed E-state index contributed by atoms with van der Waals surface area (Å²) in [6.07, 6.45) is 6.25. The average molecular weight is 1030 g/mol. The van der Waals surface area contributed by atoms with Gasteiger partial charge >= 0.3 is 23.9 Å². The van der Waals surface area contributed by atoms with Gasteiger partial charge in [-0.25, -0.2) is 29.1 Å². The summed E-state index contributed by atoms with van der Waals surface area (Å²) < 4.78 is 19.3. The Labute approximate surface area is 425 Å². The van der Waals surface area contributed by atoms with Gasteiger partial charge in [0.25, 0.3) is 22.7 Å². The molecule has 8 bridgehead atoms. The number of nitro groups is 4. The third kappa shape index (κ3) is 8.88. The van der Waals surface area contributed by atoms with E-state index in [2.05, 4.69) is 9.97 Å². The van der Waals surface area contributed by atoms with Gasteiger partial charge < -0.3 is 28.9 Å². The maximum absolute atomic E-state index is 12.8. The Balaban J connectivity index is 1.49. The Hall–Kier alpha value is -11.0. The van der Waals surface area contributed by atoms with E-state index in [1.165, 1.54) is 48.5 Å². The number of hydrogen-bond acceptors (Lipinski definition) is 18. The second-order valence-electron chi connectivity index (χ2n) is 16.4. The summed E-state index contributed by atoms with van der Waals surface area (Å²) in [5.74, 6) is -3.95. The van der Waals surface area contributed by atoms with Crippen molar-refractivity contribution in [1.82, 2.24) is 19.9 Å². The zero-order chi connectivity index (χ0) is 54.3. The molecule has 0 unspecified atom stereocenters. The van der Waals surface area contributed by atoms with Crippen LogP contribution in [-0.2, 0) is 18.9 Å². The predicted molar refractivity (Wildman–Crippen MR) is 273 cm³/mol. The number of nitrogens with one attached hydrogen (secondary N) is 2. The molecule has 9 rings (SSSR count). The third-order valence-corrected chi connectivity index (χ3v) is 12.3. The normalized spacial score (nSPS) is 11.4. The lowest BCUT2D eigenvalue weighted by Crippen LogP contribution is -2.06. The maximum Gasteiger partial charge on any atom is 0.344 e. The van der Waals surface area contributed by atoms with Crippen LogP contribution in [0.5, 0.6) is 0 Å². The van der Waals surface area contributed by atoms with Gasteiger partial charge in [-0.05, 0) is 95.1 Å². The molecule has 24 heteroatoms. The minimum Gasteiger partial charge on any atom is -0.465 e. The molecule has 0 spiro atoms. The van der Waals surface area contributed by atoms with Crippen molar-refractivity contribution >= 4 is 93.0 Å². The van der Waals surface area contributed by atoms with Crippen molar-refractivity contribution < 1.29 is 57.8 Å². The Morgan fingerprint density at radius 1 is 0.368 bits per heavy atom. The van der Waals surface area contributed by atoms with Crippen LogP contribution < -0.4 is 0 Å². The first-order valence-electron chi connectivity index (χ1n) is 22.1. The van der Waals surface area contributed by atoms with Crippen molar-refractivity contribution in [2.45, 2.75) is 0 Å². The molecule has 7 aromatic rings. The number of benzene rings is 4. The smallest absolute Gasteiger partial charge is 0.344 e. The fraction of sp³-hybridized carbons (Fsp3) is 0.0769. The van der Waals surface area contributed by atoms with Crippen LogP contribution in [0.3, 0.4) is 0 Å². The molecule has 2 aliphatic rings. The van der Waals surface area contributed by atoms with Gasteiger partial charge in [0.05, 0.1) is 70.9 Å². The monoisotopic (exact) mass is 1030 g/mol. The number of rotatable bonds is 12. The minimum absolute atomic E-state index is 0.152. The summed E-state index contributed by atoms with van der Waals surface area (Å²) >= 11 is 0. The van der Waals surface area contributed by atoms with Gasteiger partial charge in [-0.2, -0.15) is 0 Å². The molecular weight excluding hydrogens is 993 g/mol. The first-order valence-corrected chi connectivity index (χ1v) is 22.1. The summed E-state index contributed by atoms with van der Waals surface area (Å²) in [4.78, 5) is 115. The van der Waals surface area contributed by atoms with E-state index in [0.717, 1.165) is 52.7 Å². The summed E-state index contributed by atoms with van der Waals surface area (Å²) in [7, 11) is 4.26. The van der Waals surface area contributed by atoms with E-state index < -0.39 is 66.3 Å². The van der Waals surface area contributed by atoms with E-state index in [0.29, 0.717) is 0 Å². The van der Waals surface area contributed by atoms with Gasteiger partial charge in [0.2, 0.25) is 0 Å². The second kappa shape index (κ2) is 19.9. The zero-order valence-corrected chi connectivity index (χ0v) is 39.8. The first-order chi connectivity index (χ1) is 36.5. The number of fused-ring (bicyclic) bond motifs is 8. The fourth-order valence-corrected chi connectivity index (χ4v) is 8.90. The Kier molecular flexibility index (Phi) is 13.1. The Morgan fingerprint density at radius 3 is 0.763 bits per heavy atom. The molecule has 76 heavy (non-hydrogen) atoms. The van der Waals surface area contributed by atoms with Crippen LogP contribution in [0.1, 0.15) is 64.2 Å². The number of ether oxygens (including phenoxy) is 4. The number of nitrogens with zero attached hydrogens (tertiary/aromatic N) is 6. The van der Waals surface area contributed by atoms with E-state index in [4.69, 9.17) is 28.9 Å². The van der Waals surface area contributed by atoms with Crippen molar-refractivity contribution in [2.75, 3.05) is 28.4 Å². The number of aromatic nitrogens is 4. The summed E-state index contributed by atoms with van der Waals surface area (Å²) in [5.41, 5.74) is -0.932. The molecule has 0 saturated carbocycles. The molecule has 378 valence electrons. The molecule has 24 nitrogen and oxygen atoms in total. The molecule has 0 saturated heterocycles. The van der Waals surface area contributed by atoms with Crippen LogP contribution in [0.2, 0.25) is 0 Å². The highest BCUT2D eigenvalue weighted by Gasteiger charge is 2.29. The predicted octanol–water partition coefficient (Wildman–Crippen LogP) is 10.1. The van der Waals surface area contributed by atoms with Gasteiger partial charge in [-0.1, -0.05) is 24.3 Å². The molecule has 0 amide bonds. The molecular formula is C52H34N8O16. The molecule has 0 fully saturated rings. The second-order valence-corrected chi connectivity index (χ2v) is 16.4. The molecule has 2 aliphatic heterocycles. The van der Waals surface area contributed by atoms with Gasteiger partial charge in [-0.3, -0.25) is 40.5 Å². The largest absolute Gasteiger partial charge is 0.465 e. The zero-order valence-electron chi connectivity index (χ0n) is 39.8. The maximum atomic E-state index is 12.8. The van der Waals surface area contributed by atoms with Gasteiger partial charge in [0.15, 0.2) is 0 Å². The SMILES string of the molecule is COC(=O)c1ccc(-c2c3nc(c(-c4ccc(C(=O)OC)c([N+](=O)[O-])c4)c4ccc([nH]4)c(-c4ccc(C(=O)OC)c([N+](=O)[O-])c4)c4nc(c(-c5ccc(C(=O)OC)c([N+](=O)[O-])c5)c5ccc2[nH]5)C=C4)C=C3)cc1[N+](=O)[O-]. The Morgan fingerprint density at radius 2 is 0.579 bits per heavy atom. The number of H-pyrrole nitrogens is 2. The summed E-state index contributed by atoms with van der Waals surface area (Å²) in [6.45, 7) is 0. The van der Waals surface area contributed by atoms with E-state index >= 15 is 0 Å². The lowest BCUT2D eigenvalue weighted by molar-refractivity contribution is -0.385. The Bertz CT molecular complexity index is 3500. The van der Waals surface area contributed by atoms with Crippen molar-refractivity contribution in [3.05, 3.63) is 183 Å². The number of hydrogen-bond donors (Lipinski definition) is 2. The molecule has 0 aliphatic carbocycles. The van der Waals surface area contributed by atoms with Crippen LogP contribution in [-0.4, -0.2) is 91.9 Å². The van der Waals surface area contributed by atoms with Crippen LogP contribution in [0.25, 0.3) is 90.9 Å². The van der Waals surface area contributed by atoms with Gasteiger partial charge in [0.1, 0.15) is 22.3 Å². The first kappa shape index (κ1) is 49.9. The van der Waals surface area contributed by atoms with Crippen molar-refractivity contribution in [3.8, 4) is 44.5 Å². The highest BCUT2D eigenvalue weighted by molar-refractivity contribution is 6.04. The number of carbonyl (C=O) groups is 4. The third-order valence-electron chi connectivity index (χ3n) is 12.3. The van der Waals surface area contributed by atoms with E-state index in [9.17, 15) is 59.6 Å². The fourth-order valence-electron chi connectivity index (χ4n) is 8.90. The van der Waals surface area contributed by atoms with Crippen LogP contribution >= 0.6 is 0 Å². The lowest BCUT2D eigenvalue weighted by atomic mass is 10.0. The molecule has 0 radical (unpaired) electrons.